The van der Waals surface area contributed by atoms with Crippen LogP contribution >= 0.6 is 11.6 Å². The summed E-state index contributed by atoms with van der Waals surface area (Å²) in [6.07, 6.45) is 0. The van der Waals surface area contributed by atoms with Gasteiger partial charge in [-0.25, -0.2) is 0 Å². The van der Waals surface area contributed by atoms with Crippen molar-refractivity contribution >= 4 is 44.7 Å². The minimum absolute atomic E-state index is 0.0389. The van der Waals surface area contributed by atoms with Crippen LogP contribution in [-0.2, 0) is 0 Å². The van der Waals surface area contributed by atoms with E-state index in [0.29, 0.717) is 55.2 Å². The molecule has 1 aliphatic rings. The lowest BCUT2D eigenvalue weighted by Gasteiger charge is -2.11. The molecule has 3 aromatic heterocycles. The van der Waals surface area contributed by atoms with E-state index in [0.717, 1.165) is 0 Å². The quantitative estimate of drug-likeness (QED) is 0.367. The number of phenolic OH excluding ortho intramolecular Hbond substituents is 1. The van der Waals surface area contributed by atoms with Gasteiger partial charge in [0.25, 0.3) is 5.56 Å². The maximum atomic E-state index is 13.1. The molecule has 0 bridgehead atoms. The summed E-state index contributed by atoms with van der Waals surface area (Å²) >= 11 is 6.43. The van der Waals surface area contributed by atoms with E-state index < -0.39 is 11.2 Å². The van der Waals surface area contributed by atoms with E-state index in [-0.39, 0.29) is 24.0 Å². The topological polar surface area (TPSA) is 122 Å². The van der Waals surface area contributed by atoms with Gasteiger partial charge in [0.1, 0.15) is 5.65 Å². The predicted molar refractivity (Wildman–Crippen MR) is 119 cm³/mol. The van der Waals surface area contributed by atoms with Gasteiger partial charge in [0.05, 0.1) is 15.9 Å². The molecule has 0 atom stereocenters. The smallest absolute Gasteiger partial charge is 0.274 e. The number of hydrogen-bond acceptors (Lipinski definition) is 6. The van der Waals surface area contributed by atoms with Crippen LogP contribution in [0.4, 0.5) is 0 Å². The SMILES string of the molecule is CC(C)n1[nH]c(=O)c2c(-c3cc(Cl)c4c(c3)OCO4)c3oc4c(O)c(=O)ccc4c3[nH]c21. The number of halogens is 1. The third-order valence-electron chi connectivity index (χ3n) is 5.67. The number of phenols is 1. The van der Waals surface area contributed by atoms with E-state index in [1.165, 1.54) is 6.07 Å². The largest absolute Gasteiger partial charge is 0.502 e. The van der Waals surface area contributed by atoms with Gasteiger partial charge in [-0.2, -0.15) is 0 Å². The molecule has 6 rings (SSSR count). The zero-order chi connectivity index (χ0) is 22.3. The average Bonchev–Trinajstić information content (AvgIpc) is 3.45. The molecule has 9 nitrogen and oxygen atoms in total. The van der Waals surface area contributed by atoms with E-state index >= 15 is 0 Å². The van der Waals surface area contributed by atoms with Crippen LogP contribution in [-0.4, -0.2) is 26.7 Å². The number of rotatable bonds is 2. The molecule has 162 valence electrons. The Morgan fingerprint density at radius 1 is 1.16 bits per heavy atom. The number of aromatic hydroxyl groups is 1. The first-order chi connectivity index (χ1) is 15.3. The van der Waals surface area contributed by atoms with Crippen molar-refractivity contribution in [3.8, 4) is 28.4 Å². The fraction of sp³-hybridized carbons (Fsp3) is 0.182. The molecule has 1 aliphatic heterocycles. The highest BCUT2D eigenvalue weighted by molar-refractivity contribution is 6.33. The Morgan fingerprint density at radius 3 is 2.75 bits per heavy atom. The van der Waals surface area contributed by atoms with Crippen molar-refractivity contribution in [2.45, 2.75) is 19.9 Å². The maximum Gasteiger partial charge on any atom is 0.274 e. The van der Waals surface area contributed by atoms with Crippen LogP contribution in [0, 0.1) is 0 Å². The average molecular weight is 454 g/mol. The van der Waals surface area contributed by atoms with Gasteiger partial charge in [-0.05, 0) is 43.7 Å². The number of benzene rings is 2. The molecule has 10 heteroatoms. The van der Waals surface area contributed by atoms with Crippen molar-refractivity contribution < 1.29 is 19.0 Å². The first-order valence-corrected chi connectivity index (χ1v) is 10.3. The summed E-state index contributed by atoms with van der Waals surface area (Å²) in [6.45, 7) is 3.92. The molecule has 0 unspecified atom stereocenters. The molecule has 0 saturated heterocycles. The van der Waals surface area contributed by atoms with Crippen molar-refractivity contribution in [2.75, 3.05) is 6.79 Å². The van der Waals surface area contributed by atoms with Crippen molar-refractivity contribution in [3.05, 3.63) is 49.9 Å². The van der Waals surface area contributed by atoms with Gasteiger partial charge < -0.3 is 24.0 Å². The van der Waals surface area contributed by atoms with Crippen LogP contribution in [0.1, 0.15) is 19.9 Å². The normalized spacial score (nSPS) is 13.2. The molecule has 32 heavy (non-hydrogen) atoms. The molecular weight excluding hydrogens is 438 g/mol. The van der Waals surface area contributed by atoms with E-state index in [2.05, 4.69) is 10.1 Å². The van der Waals surface area contributed by atoms with Crippen LogP contribution in [0.15, 0.2) is 38.3 Å². The molecule has 4 heterocycles. The molecule has 5 aromatic rings. The second-order valence-corrected chi connectivity index (χ2v) is 8.32. The lowest BCUT2D eigenvalue weighted by molar-refractivity contribution is 0.174. The molecule has 0 fully saturated rings. The first-order valence-electron chi connectivity index (χ1n) is 9.89. The van der Waals surface area contributed by atoms with Gasteiger partial charge in [-0.1, -0.05) is 11.6 Å². The Labute approximate surface area is 183 Å². The number of furan rings is 1. The Kier molecular flexibility index (Phi) is 3.74. The summed E-state index contributed by atoms with van der Waals surface area (Å²) in [5.41, 5.74) is 1.54. The van der Waals surface area contributed by atoms with Crippen LogP contribution in [0.3, 0.4) is 0 Å². The number of fused-ring (bicyclic) bond motifs is 5. The van der Waals surface area contributed by atoms with Gasteiger partial charge in [-0.3, -0.25) is 19.4 Å². The molecular formula is C22H16ClN3O6. The molecule has 0 radical (unpaired) electrons. The van der Waals surface area contributed by atoms with E-state index in [9.17, 15) is 14.7 Å². The lowest BCUT2D eigenvalue weighted by Crippen LogP contribution is -2.07. The fourth-order valence-corrected chi connectivity index (χ4v) is 4.50. The molecule has 2 aromatic carbocycles. The highest BCUT2D eigenvalue weighted by Gasteiger charge is 2.26. The van der Waals surface area contributed by atoms with Gasteiger partial charge >= 0.3 is 0 Å². The number of nitrogens with one attached hydrogen (secondary N) is 2. The van der Waals surface area contributed by atoms with Crippen molar-refractivity contribution in [2.24, 2.45) is 0 Å². The van der Waals surface area contributed by atoms with E-state index in [4.69, 9.17) is 25.5 Å². The highest BCUT2D eigenvalue weighted by atomic mass is 35.5. The zero-order valence-corrected chi connectivity index (χ0v) is 17.7. The van der Waals surface area contributed by atoms with Crippen LogP contribution in [0.2, 0.25) is 5.02 Å². The third-order valence-corrected chi connectivity index (χ3v) is 5.96. The van der Waals surface area contributed by atoms with Crippen LogP contribution in [0.5, 0.6) is 17.2 Å². The molecule has 3 N–H and O–H groups in total. The zero-order valence-electron chi connectivity index (χ0n) is 16.9. The third kappa shape index (κ3) is 2.39. The van der Waals surface area contributed by atoms with Gasteiger partial charge in [0, 0.05) is 17.0 Å². The molecule has 0 amide bonds. The summed E-state index contributed by atoms with van der Waals surface area (Å²) < 4.78 is 18.6. The number of ether oxygens (including phenoxy) is 2. The number of aromatic nitrogens is 3. The lowest BCUT2D eigenvalue weighted by atomic mass is 10.0. The highest BCUT2D eigenvalue weighted by Crippen LogP contribution is 2.46. The standard InChI is InChI=1S/C22H16ClN3O6/c1-8(2)26-21-15(22(29)25-26)14(9-5-11(23)19-13(6-9)30-7-31-19)20-16(24-21)10-3-4-12(27)17(28)18(10)32-20/h3-6,8,24,28H,7H2,1-2H3,(H,25,29). The predicted octanol–water partition coefficient (Wildman–Crippen LogP) is 4.25. The van der Waals surface area contributed by atoms with Crippen LogP contribution < -0.4 is 20.5 Å². The molecule has 0 aliphatic carbocycles. The molecule has 0 spiro atoms. The Balaban J connectivity index is 1.85. The van der Waals surface area contributed by atoms with Gasteiger partial charge in [0.15, 0.2) is 22.7 Å². The number of pyridine rings is 1. The summed E-state index contributed by atoms with van der Waals surface area (Å²) in [5, 5.41) is 14.4. The Hall–Kier alpha value is -3.85. The summed E-state index contributed by atoms with van der Waals surface area (Å²) in [4.78, 5) is 28.3. The van der Waals surface area contributed by atoms with Crippen molar-refractivity contribution in [3.63, 3.8) is 0 Å². The minimum Gasteiger partial charge on any atom is -0.502 e. The fourth-order valence-electron chi connectivity index (χ4n) is 4.24. The number of hydrogen-bond donors (Lipinski definition) is 3. The second-order valence-electron chi connectivity index (χ2n) is 7.92. The van der Waals surface area contributed by atoms with Gasteiger partial charge in [0.2, 0.25) is 18.0 Å². The summed E-state index contributed by atoms with van der Waals surface area (Å²) in [6, 6.07) is 6.19. The number of H-pyrrole nitrogens is 2. The summed E-state index contributed by atoms with van der Waals surface area (Å²) in [7, 11) is 0. The van der Waals surface area contributed by atoms with Gasteiger partial charge in [-0.15, -0.1) is 0 Å². The van der Waals surface area contributed by atoms with Crippen LogP contribution in [0.25, 0.3) is 44.2 Å². The monoisotopic (exact) mass is 453 g/mol. The second kappa shape index (κ2) is 6.33. The Bertz CT molecular complexity index is 1710. The number of aromatic amines is 2. The van der Waals surface area contributed by atoms with E-state index in [1.807, 2.05) is 13.8 Å². The van der Waals surface area contributed by atoms with E-state index in [1.54, 1.807) is 22.9 Å². The van der Waals surface area contributed by atoms with Crippen molar-refractivity contribution in [1.29, 1.82) is 0 Å². The van der Waals surface area contributed by atoms with Crippen molar-refractivity contribution in [1.82, 2.24) is 14.8 Å². The first kappa shape index (κ1) is 18.9. The maximum absolute atomic E-state index is 13.1. The molecule has 0 saturated carbocycles. The number of nitrogens with zero attached hydrogens (tertiary/aromatic N) is 1. The minimum atomic E-state index is -0.557. The Morgan fingerprint density at radius 2 is 1.97 bits per heavy atom. The summed E-state index contributed by atoms with van der Waals surface area (Å²) in [5.74, 6) is 0.381.